The second-order valence-corrected chi connectivity index (χ2v) is 5.08. The van der Waals surface area contributed by atoms with Crippen molar-refractivity contribution in [2.75, 3.05) is 6.54 Å². The topological polar surface area (TPSA) is 119 Å². The van der Waals surface area contributed by atoms with Crippen molar-refractivity contribution in [1.29, 1.82) is 0 Å². The molecule has 0 radical (unpaired) electrons. The van der Waals surface area contributed by atoms with E-state index in [4.69, 9.17) is 5.11 Å². The molecule has 114 valence electrons. The Morgan fingerprint density at radius 2 is 2.10 bits per heavy atom. The molecule has 0 aromatic carbocycles. The highest BCUT2D eigenvalue weighted by Crippen LogP contribution is 2.27. The molecule has 1 aliphatic rings. The summed E-state index contributed by atoms with van der Waals surface area (Å²) in [6.45, 7) is 2.47. The van der Waals surface area contributed by atoms with Crippen LogP contribution in [-0.2, 0) is 16.1 Å². The molecule has 0 atom stereocenters. The number of aliphatic carboxylic acids is 1. The lowest BCUT2D eigenvalue weighted by molar-refractivity contribution is -0.386. The first-order chi connectivity index (χ1) is 9.81. The minimum atomic E-state index is -1.07. The van der Waals surface area contributed by atoms with Crippen molar-refractivity contribution in [3.8, 4) is 0 Å². The quantitative estimate of drug-likeness (QED) is 0.602. The van der Waals surface area contributed by atoms with E-state index >= 15 is 0 Å². The summed E-state index contributed by atoms with van der Waals surface area (Å²) >= 11 is 0. The van der Waals surface area contributed by atoms with E-state index in [0.717, 1.165) is 12.8 Å². The lowest BCUT2D eigenvalue weighted by Crippen LogP contribution is -2.39. The van der Waals surface area contributed by atoms with Gasteiger partial charge in [0, 0.05) is 6.04 Å². The number of carboxylic acids is 1. The van der Waals surface area contributed by atoms with Gasteiger partial charge in [-0.05, 0) is 26.7 Å². The van der Waals surface area contributed by atoms with Crippen LogP contribution in [0.4, 0.5) is 5.69 Å². The monoisotopic (exact) mass is 296 g/mol. The maximum absolute atomic E-state index is 12.2. The third kappa shape index (κ3) is 3.18. The van der Waals surface area contributed by atoms with Gasteiger partial charge in [-0.3, -0.25) is 24.4 Å². The van der Waals surface area contributed by atoms with Crippen LogP contribution in [0.2, 0.25) is 0 Å². The highest BCUT2D eigenvalue weighted by molar-refractivity contribution is 5.81. The van der Waals surface area contributed by atoms with Gasteiger partial charge in [0.05, 0.1) is 4.92 Å². The summed E-state index contributed by atoms with van der Waals surface area (Å²) in [5.41, 5.74) is 0.414. The second-order valence-electron chi connectivity index (χ2n) is 5.08. The summed E-state index contributed by atoms with van der Waals surface area (Å²) in [5, 5.41) is 23.8. The van der Waals surface area contributed by atoms with E-state index in [9.17, 15) is 19.7 Å². The fraction of sp³-hybridized carbons (Fsp3) is 0.583. The number of carbonyl (C=O) groups is 2. The van der Waals surface area contributed by atoms with Crippen LogP contribution in [0.5, 0.6) is 0 Å². The van der Waals surface area contributed by atoms with E-state index in [1.54, 1.807) is 0 Å². The van der Waals surface area contributed by atoms with Crippen LogP contribution in [0.1, 0.15) is 24.2 Å². The van der Waals surface area contributed by atoms with Gasteiger partial charge in [0.1, 0.15) is 24.5 Å². The van der Waals surface area contributed by atoms with E-state index < -0.39 is 10.9 Å². The van der Waals surface area contributed by atoms with E-state index in [1.165, 1.54) is 23.4 Å². The largest absolute Gasteiger partial charge is 0.480 e. The minimum Gasteiger partial charge on any atom is -0.480 e. The van der Waals surface area contributed by atoms with Crippen LogP contribution in [0.15, 0.2) is 0 Å². The van der Waals surface area contributed by atoms with Crippen molar-refractivity contribution in [2.24, 2.45) is 0 Å². The highest BCUT2D eigenvalue weighted by atomic mass is 16.6. The third-order valence-electron chi connectivity index (χ3n) is 3.42. The lowest BCUT2D eigenvalue weighted by Gasteiger charge is -2.20. The Morgan fingerprint density at radius 1 is 1.48 bits per heavy atom. The summed E-state index contributed by atoms with van der Waals surface area (Å²) in [7, 11) is 0. The van der Waals surface area contributed by atoms with Crippen molar-refractivity contribution >= 4 is 17.6 Å². The molecule has 1 heterocycles. The maximum Gasteiger partial charge on any atom is 0.323 e. The van der Waals surface area contributed by atoms with Gasteiger partial charge in [-0.15, -0.1) is 0 Å². The molecule has 0 saturated heterocycles. The highest BCUT2D eigenvalue weighted by Gasteiger charge is 2.34. The van der Waals surface area contributed by atoms with Gasteiger partial charge in [-0.25, -0.2) is 0 Å². The molecule has 0 unspecified atom stereocenters. The standard InChI is InChI=1S/C12H16N4O5/c1-7-12(16(20)21)8(2)15(13-7)5-10(17)14(6-11(18)19)9-3-4-9/h9H,3-6H2,1-2H3,(H,18,19). The molecule has 0 bridgehead atoms. The summed E-state index contributed by atoms with van der Waals surface area (Å²) in [6, 6.07) is -0.0412. The maximum atomic E-state index is 12.2. The molecule has 9 nitrogen and oxygen atoms in total. The van der Waals surface area contributed by atoms with Crippen molar-refractivity contribution < 1.29 is 19.6 Å². The van der Waals surface area contributed by atoms with Gasteiger partial charge < -0.3 is 10.0 Å². The molecule has 0 spiro atoms. The van der Waals surface area contributed by atoms with Gasteiger partial charge in [0.25, 0.3) is 0 Å². The Bertz CT molecular complexity index is 605. The minimum absolute atomic E-state index is 0.0412. The first-order valence-electron chi connectivity index (χ1n) is 6.51. The number of hydrogen-bond donors (Lipinski definition) is 1. The Hall–Kier alpha value is -2.45. The summed E-state index contributed by atoms with van der Waals surface area (Å²) < 4.78 is 1.26. The van der Waals surface area contributed by atoms with Crippen LogP contribution in [0, 0.1) is 24.0 Å². The molecular formula is C12H16N4O5. The van der Waals surface area contributed by atoms with Gasteiger partial charge in [-0.2, -0.15) is 5.10 Å². The number of amides is 1. The average Bonchev–Trinajstić information content (AvgIpc) is 3.14. The van der Waals surface area contributed by atoms with E-state index in [1.807, 2.05) is 0 Å². The molecule has 1 N–H and O–H groups in total. The van der Waals surface area contributed by atoms with Crippen LogP contribution >= 0.6 is 0 Å². The van der Waals surface area contributed by atoms with Gasteiger partial charge >= 0.3 is 11.7 Å². The number of nitrogens with zero attached hydrogens (tertiary/aromatic N) is 4. The summed E-state index contributed by atoms with van der Waals surface area (Å²) in [5.74, 6) is -1.46. The van der Waals surface area contributed by atoms with Crippen LogP contribution in [-0.4, -0.2) is 49.2 Å². The lowest BCUT2D eigenvalue weighted by atomic mass is 10.3. The number of hydrogen-bond acceptors (Lipinski definition) is 5. The predicted molar refractivity (Wildman–Crippen MR) is 70.7 cm³/mol. The zero-order valence-corrected chi connectivity index (χ0v) is 11.8. The first-order valence-corrected chi connectivity index (χ1v) is 6.51. The van der Waals surface area contributed by atoms with E-state index in [-0.39, 0.29) is 42.1 Å². The molecule has 1 saturated carbocycles. The Morgan fingerprint density at radius 3 is 2.52 bits per heavy atom. The van der Waals surface area contributed by atoms with Crippen molar-refractivity contribution in [2.45, 2.75) is 39.3 Å². The second kappa shape index (κ2) is 5.51. The van der Waals surface area contributed by atoms with Crippen molar-refractivity contribution in [3.05, 3.63) is 21.5 Å². The van der Waals surface area contributed by atoms with Gasteiger partial charge in [0.2, 0.25) is 5.91 Å². The van der Waals surface area contributed by atoms with Crippen LogP contribution in [0.25, 0.3) is 0 Å². The van der Waals surface area contributed by atoms with Crippen molar-refractivity contribution in [1.82, 2.24) is 14.7 Å². The number of rotatable bonds is 6. The SMILES string of the molecule is Cc1nn(CC(=O)N(CC(=O)O)C2CC2)c(C)c1[N+](=O)[O-]. The molecule has 9 heteroatoms. The van der Waals surface area contributed by atoms with E-state index in [2.05, 4.69) is 5.10 Å². The Balaban J connectivity index is 2.17. The number of nitro groups is 1. The normalized spacial score (nSPS) is 14.0. The summed E-state index contributed by atoms with van der Waals surface area (Å²) in [4.78, 5) is 34.7. The van der Waals surface area contributed by atoms with Gasteiger partial charge in [0.15, 0.2) is 0 Å². The molecule has 1 aromatic heterocycles. The fourth-order valence-electron chi connectivity index (χ4n) is 2.28. The van der Waals surface area contributed by atoms with E-state index in [0.29, 0.717) is 0 Å². The van der Waals surface area contributed by atoms with Crippen LogP contribution in [0.3, 0.4) is 0 Å². The zero-order chi connectivity index (χ0) is 15.7. The molecule has 0 aliphatic heterocycles. The van der Waals surface area contributed by atoms with Crippen molar-refractivity contribution in [3.63, 3.8) is 0 Å². The van der Waals surface area contributed by atoms with Gasteiger partial charge in [-0.1, -0.05) is 0 Å². The molecular weight excluding hydrogens is 280 g/mol. The molecule has 1 aromatic rings. The molecule has 1 amide bonds. The predicted octanol–water partition coefficient (Wildman–Crippen LogP) is 0.484. The zero-order valence-electron chi connectivity index (χ0n) is 11.8. The molecule has 1 fully saturated rings. The third-order valence-corrected chi connectivity index (χ3v) is 3.42. The number of carbonyl (C=O) groups excluding carboxylic acids is 1. The number of carboxylic acid groups (broad SMARTS) is 1. The first kappa shape index (κ1) is 14.9. The molecule has 1 aliphatic carbocycles. The molecule has 21 heavy (non-hydrogen) atoms. The Labute approximate surface area is 120 Å². The fourth-order valence-corrected chi connectivity index (χ4v) is 2.28. The smallest absolute Gasteiger partial charge is 0.323 e. The average molecular weight is 296 g/mol. The van der Waals surface area contributed by atoms with Crippen LogP contribution < -0.4 is 0 Å². The number of aromatic nitrogens is 2. The molecule has 2 rings (SSSR count). The Kier molecular flexibility index (Phi) is 3.92. The summed E-state index contributed by atoms with van der Waals surface area (Å²) in [6.07, 6.45) is 1.58. The number of aryl methyl sites for hydroxylation is 1.